The third-order valence-electron chi connectivity index (χ3n) is 6.53. The SMILES string of the molecule is O=C(OCc1cc(O)c(OC2OC(CO)C(O)C(O)C2O)c(O)c1)c1ccc(O)c(O)c1Oc1c(C(=O)O)cc(O)c(O)c1O. The number of aromatic carboxylic acids is 1. The Labute approximate surface area is 250 Å². The molecule has 1 aliphatic heterocycles. The summed E-state index contributed by atoms with van der Waals surface area (Å²) in [4.78, 5) is 24.6. The summed E-state index contributed by atoms with van der Waals surface area (Å²) < 4.78 is 20.8. The average molecular weight is 638 g/mol. The van der Waals surface area contributed by atoms with Crippen LogP contribution in [0.4, 0.5) is 0 Å². The predicted octanol–water partition coefficient (Wildman–Crippen LogP) is -0.348. The van der Waals surface area contributed by atoms with Gasteiger partial charge in [0.2, 0.25) is 29.3 Å². The molecular formula is C27H26O18. The maximum atomic E-state index is 12.9. The summed E-state index contributed by atoms with van der Waals surface area (Å²) in [6, 6.07) is 4.14. The first-order chi connectivity index (χ1) is 21.2. The summed E-state index contributed by atoms with van der Waals surface area (Å²) in [6.45, 7) is -1.45. The molecule has 0 saturated carbocycles. The number of phenols is 7. The molecule has 4 rings (SSSR count). The van der Waals surface area contributed by atoms with Crippen LogP contribution in [-0.4, -0.2) is 111 Å². The number of rotatable bonds is 9. The minimum absolute atomic E-state index is 0.0702. The number of benzene rings is 3. The Balaban J connectivity index is 1.56. The van der Waals surface area contributed by atoms with Gasteiger partial charge in [-0.15, -0.1) is 0 Å². The van der Waals surface area contributed by atoms with Crippen LogP contribution in [0.1, 0.15) is 26.3 Å². The molecule has 242 valence electrons. The van der Waals surface area contributed by atoms with Crippen molar-refractivity contribution >= 4 is 11.9 Å². The number of aliphatic hydroxyl groups is 4. The van der Waals surface area contributed by atoms with Gasteiger partial charge >= 0.3 is 11.9 Å². The van der Waals surface area contributed by atoms with Gasteiger partial charge < -0.3 is 80.2 Å². The summed E-state index contributed by atoms with van der Waals surface area (Å²) in [5, 5.41) is 119. The molecule has 5 unspecified atom stereocenters. The quantitative estimate of drug-likeness (QED) is 0.105. The van der Waals surface area contributed by atoms with Gasteiger partial charge in [0, 0.05) is 6.07 Å². The van der Waals surface area contributed by atoms with Crippen molar-refractivity contribution in [2.45, 2.75) is 37.3 Å². The zero-order valence-electron chi connectivity index (χ0n) is 22.5. The molecule has 3 aromatic rings. The summed E-state index contributed by atoms with van der Waals surface area (Å²) >= 11 is 0. The van der Waals surface area contributed by atoms with Crippen LogP contribution in [0, 0.1) is 0 Å². The number of aliphatic hydroxyl groups excluding tert-OH is 4. The monoisotopic (exact) mass is 638 g/mol. The van der Waals surface area contributed by atoms with Gasteiger partial charge in [0.25, 0.3) is 0 Å². The molecular weight excluding hydrogens is 612 g/mol. The van der Waals surface area contributed by atoms with Crippen molar-refractivity contribution in [3.05, 3.63) is 47.0 Å². The lowest BCUT2D eigenvalue weighted by molar-refractivity contribution is -0.277. The number of esters is 1. The average Bonchev–Trinajstić information content (AvgIpc) is 2.99. The van der Waals surface area contributed by atoms with Crippen molar-refractivity contribution in [3.8, 4) is 57.5 Å². The van der Waals surface area contributed by atoms with Gasteiger partial charge in [-0.05, 0) is 29.8 Å². The van der Waals surface area contributed by atoms with Crippen LogP contribution in [0.2, 0.25) is 0 Å². The largest absolute Gasteiger partial charge is 0.504 e. The van der Waals surface area contributed by atoms with Gasteiger partial charge in [-0.25, -0.2) is 9.59 Å². The van der Waals surface area contributed by atoms with E-state index in [2.05, 4.69) is 0 Å². The van der Waals surface area contributed by atoms with E-state index in [9.17, 15) is 70.9 Å². The number of hydrogen-bond acceptors (Lipinski definition) is 17. The third-order valence-corrected chi connectivity index (χ3v) is 6.53. The summed E-state index contributed by atoms with van der Waals surface area (Å²) in [7, 11) is 0. The topological polar surface area (TPSA) is 314 Å². The molecule has 0 spiro atoms. The molecule has 0 aliphatic carbocycles. The maximum Gasteiger partial charge on any atom is 0.342 e. The first-order valence-electron chi connectivity index (χ1n) is 12.6. The lowest BCUT2D eigenvalue weighted by atomic mass is 9.99. The zero-order valence-corrected chi connectivity index (χ0v) is 22.5. The standard InChI is InChI=1S/C27H26O18/c28-6-15-18(35)19(36)21(38)27(43-15)45-24-13(31)3-8(4-14(24)32)7-42-26(41)9-1-2-11(29)17(34)22(9)44-23-10(25(39)40)5-12(30)16(33)20(23)37/h1-5,15,18-19,21,27-38H,6-7H2,(H,39,40). The van der Waals surface area contributed by atoms with Crippen LogP contribution in [0.25, 0.3) is 0 Å². The van der Waals surface area contributed by atoms with E-state index in [0.717, 1.165) is 24.3 Å². The van der Waals surface area contributed by atoms with Gasteiger partial charge in [0.15, 0.2) is 34.5 Å². The highest BCUT2D eigenvalue weighted by molar-refractivity contribution is 5.96. The molecule has 5 atom stereocenters. The molecule has 1 aliphatic rings. The minimum Gasteiger partial charge on any atom is -0.504 e. The molecule has 12 N–H and O–H groups in total. The second-order valence-corrected chi connectivity index (χ2v) is 9.54. The highest BCUT2D eigenvalue weighted by Crippen LogP contribution is 2.49. The second-order valence-electron chi connectivity index (χ2n) is 9.54. The smallest absolute Gasteiger partial charge is 0.342 e. The first-order valence-corrected chi connectivity index (χ1v) is 12.6. The van der Waals surface area contributed by atoms with Crippen LogP contribution in [0.5, 0.6) is 57.5 Å². The number of carboxylic acids is 1. The first kappa shape index (κ1) is 32.5. The number of phenolic OH excluding ortho intramolecular Hbond substituents is 7. The number of carbonyl (C=O) groups excluding carboxylic acids is 1. The van der Waals surface area contributed by atoms with E-state index in [1.807, 2.05) is 0 Å². The van der Waals surface area contributed by atoms with Crippen LogP contribution in [-0.2, 0) is 16.1 Å². The van der Waals surface area contributed by atoms with E-state index in [4.69, 9.17) is 18.9 Å². The molecule has 0 aromatic heterocycles. The Hall–Kier alpha value is -5.40. The minimum atomic E-state index is -1.86. The van der Waals surface area contributed by atoms with Gasteiger partial charge in [-0.1, -0.05) is 0 Å². The van der Waals surface area contributed by atoms with Gasteiger partial charge in [-0.2, -0.15) is 0 Å². The molecule has 1 fully saturated rings. The number of aromatic hydroxyl groups is 7. The summed E-state index contributed by atoms with van der Waals surface area (Å²) in [5.74, 6) is -12.7. The Bertz CT molecular complexity index is 1590. The molecule has 18 heteroatoms. The molecule has 0 amide bonds. The van der Waals surface area contributed by atoms with Crippen molar-refractivity contribution in [2.75, 3.05) is 6.61 Å². The van der Waals surface area contributed by atoms with Crippen molar-refractivity contribution in [1.82, 2.24) is 0 Å². The highest BCUT2D eigenvalue weighted by atomic mass is 16.7. The van der Waals surface area contributed by atoms with Gasteiger partial charge in [0.1, 0.15) is 42.1 Å². The van der Waals surface area contributed by atoms with E-state index >= 15 is 0 Å². The van der Waals surface area contributed by atoms with Gasteiger partial charge in [0.05, 0.1) is 6.61 Å². The van der Waals surface area contributed by atoms with Crippen molar-refractivity contribution in [3.63, 3.8) is 0 Å². The lowest BCUT2D eigenvalue weighted by Crippen LogP contribution is -2.60. The molecule has 3 aromatic carbocycles. The van der Waals surface area contributed by atoms with Crippen molar-refractivity contribution in [1.29, 1.82) is 0 Å². The normalized spacial score (nSPS) is 21.2. The fraction of sp³-hybridized carbons (Fsp3) is 0.259. The lowest BCUT2D eigenvalue weighted by Gasteiger charge is -2.39. The molecule has 0 radical (unpaired) electrons. The van der Waals surface area contributed by atoms with Crippen LogP contribution in [0.3, 0.4) is 0 Å². The summed E-state index contributed by atoms with van der Waals surface area (Å²) in [5.41, 5.74) is -1.63. The summed E-state index contributed by atoms with van der Waals surface area (Å²) in [6.07, 6.45) is -8.46. The third kappa shape index (κ3) is 6.30. The van der Waals surface area contributed by atoms with Crippen LogP contribution in [0.15, 0.2) is 30.3 Å². The number of carbonyl (C=O) groups is 2. The molecule has 1 heterocycles. The van der Waals surface area contributed by atoms with Crippen LogP contribution >= 0.6 is 0 Å². The van der Waals surface area contributed by atoms with Crippen molar-refractivity contribution in [2.24, 2.45) is 0 Å². The number of carboxylic acid groups (broad SMARTS) is 1. The Morgan fingerprint density at radius 3 is 1.93 bits per heavy atom. The van der Waals surface area contributed by atoms with E-state index in [1.165, 1.54) is 0 Å². The van der Waals surface area contributed by atoms with Crippen LogP contribution < -0.4 is 9.47 Å². The molecule has 45 heavy (non-hydrogen) atoms. The maximum absolute atomic E-state index is 12.9. The molecule has 18 nitrogen and oxygen atoms in total. The van der Waals surface area contributed by atoms with E-state index < -0.39 is 124 Å². The van der Waals surface area contributed by atoms with E-state index in [0.29, 0.717) is 6.07 Å². The van der Waals surface area contributed by atoms with E-state index in [1.54, 1.807) is 0 Å². The number of hydrogen-bond donors (Lipinski definition) is 12. The zero-order chi connectivity index (χ0) is 33.3. The highest BCUT2D eigenvalue weighted by Gasteiger charge is 2.45. The Morgan fingerprint density at radius 1 is 0.711 bits per heavy atom. The fourth-order valence-corrected chi connectivity index (χ4v) is 4.18. The fourth-order valence-electron chi connectivity index (χ4n) is 4.18. The number of ether oxygens (including phenoxy) is 4. The second kappa shape index (κ2) is 12.7. The van der Waals surface area contributed by atoms with Crippen molar-refractivity contribution < 1.29 is 89.8 Å². The Morgan fingerprint density at radius 2 is 1.33 bits per heavy atom. The van der Waals surface area contributed by atoms with Gasteiger partial charge in [-0.3, -0.25) is 0 Å². The predicted molar refractivity (Wildman–Crippen MR) is 142 cm³/mol. The Kier molecular flexibility index (Phi) is 9.16. The van der Waals surface area contributed by atoms with E-state index in [-0.39, 0.29) is 5.56 Å². The molecule has 1 saturated heterocycles. The molecule has 0 bridgehead atoms.